The van der Waals surface area contributed by atoms with Gasteiger partial charge in [-0.1, -0.05) is 24.3 Å². The highest BCUT2D eigenvalue weighted by Gasteiger charge is 2.49. The number of nitrogens with zero attached hydrogens (tertiary/aromatic N) is 2. The number of nitrogens with one attached hydrogen (secondary N) is 12. The number of nitrogens with two attached hydrogens (primary N) is 1. The number of benzene rings is 4. The molecule has 1 saturated heterocycles. The molecule has 0 spiro atoms. The molecule has 16 N–H and O–H groups in total. The number of H-pyrrole nitrogens is 3. The summed E-state index contributed by atoms with van der Waals surface area (Å²) in [6.45, 7) is 1.80. The number of phenols is 1. The average molecular weight is 1340 g/mol. The van der Waals surface area contributed by atoms with Gasteiger partial charge in [-0.25, -0.2) is 13.8 Å². The van der Waals surface area contributed by atoms with Crippen molar-refractivity contribution in [1.82, 2.24) is 72.7 Å². The molecule has 7 aromatic rings. The SMILES string of the molecule is CC(=O)N[C@@H]1CCCNC(=O)c2ccc(cc2)CC(C(N)=O)NC(=O)[C@]2(C)CCCN2C(=O)[C@H](Cc2ccc(O)cc2)NC(=O)[C@H](Cc2c[nH]cn2)NC(=O)[C@H](CC(=O)O)NC(=O)[C@H](Cc2c[nH]c3ccc(F)cc23)NC(=O)[C@H](Cc2c[nH]c3ccc(F)cc23)NC(=O)CNC1=O. The zero-order valence-corrected chi connectivity index (χ0v) is 52.6. The van der Waals surface area contributed by atoms with Gasteiger partial charge in [-0.3, -0.25) is 57.5 Å². The summed E-state index contributed by atoms with van der Waals surface area (Å²) in [6, 6.07) is 7.78. The summed E-state index contributed by atoms with van der Waals surface area (Å²) in [5.41, 5.74) is 6.76. The molecule has 2 bridgehead atoms. The number of aliphatic carboxylic acids is 1. The van der Waals surface area contributed by atoms with Crippen LogP contribution < -0.4 is 53.6 Å². The predicted molar refractivity (Wildman–Crippen MR) is 343 cm³/mol. The molecule has 31 heteroatoms. The number of carboxylic acids is 1. The van der Waals surface area contributed by atoms with Gasteiger partial charge >= 0.3 is 5.97 Å². The number of aromatic hydroxyl groups is 1. The quantitative estimate of drug-likeness (QED) is 0.0730. The van der Waals surface area contributed by atoms with Crippen LogP contribution >= 0.6 is 0 Å². The van der Waals surface area contributed by atoms with Crippen molar-refractivity contribution in [3.63, 3.8) is 0 Å². The molecule has 8 atom stereocenters. The lowest BCUT2D eigenvalue weighted by molar-refractivity contribution is -0.147. The van der Waals surface area contributed by atoms with Crippen LogP contribution in [0.1, 0.15) is 84.3 Å². The van der Waals surface area contributed by atoms with E-state index in [4.69, 9.17) is 5.73 Å². The number of amides is 11. The Bertz CT molecular complexity index is 4120. The predicted octanol–water partition coefficient (Wildman–Crippen LogP) is 0.264. The molecule has 3 aliphatic heterocycles. The van der Waals surface area contributed by atoms with Gasteiger partial charge < -0.3 is 83.6 Å². The van der Waals surface area contributed by atoms with E-state index in [1.54, 1.807) is 0 Å². The number of hydrogen-bond acceptors (Lipinski definition) is 14. The van der Waals surface area contributed by atoms with Crippen molar-refractivity contribution in [3.8, 4) is 5.75 Å². The third-order valence-corrected chi connectivity index (χ3v) is 17.0. The van der Waals surface area contributed by atoms with E-state index in [0.717, 1.165) is 13.0 Å². The van der Waals surface area contributed by atoms with E-state index in [9.17, 15) is 71.7 Å². The number of carbonyl (C=O) groups is 12. The molecule has 0 aliphatic carbocycles. The van der Waals surface area contributed by atoms with E-state index in [1.165, 1.54) is 116 Å². The third kappa shape index (κ3) is 18.0. The summed E-state index contributed by atoms with van der Waals surface area (Å²) < 4.78 is 29.7. The normalized spacial score (nSPS) is 22.7. The average Bonchev–Trinajstić information content (AvgIpc) is 1.68. The van der Waals surface area contributed by atoms with E-state index in [1.807, 2.05) is 0 Å². The van der Waals surface area contributed by atoms with Gasteiger partial charge in [0.25, 0.3) is 5.91 Å². The number of imidazole rings is 1. The van der Waals surface area contributed by atoms with Gasteiger partial charge in [0, 0.05) is 98.1 Å². The van der Waals surface area contributed by atoms with E-state index in [0.29, 0.717) is 27.5 Å². The number of aromatic amines is 3. The molecule has 4 aromatic carbocycles. The smallest absolute Gasteiger partial charge is 0.305 e. The van der Waals surface area contributed by atoms with Gasteiger partial charge in [0.15, 0.2) is 0 Å². The fraction of sp³-hybridized carbons (Fsp3) is 0.348. The lowest BCUT2D eigenvalue weighted by Gasteiger charge is -2.37. The second kappa shape index (κ2) is 31.1. The number of halogens is 2. The molecule has 11 amide bonds. The lowest BCUT2D eigenvalue weighted by atomic mass is 9.94. The molecule has 0 saturated carbocycles. The monoisotopic (exact) mass is 1340 g/mol. The highest BCUT2D eigenvalue weighted by Crippen LogP contribution is 2.31. The topological polar surface area (TPSA) is 443 Å². The first-order valence-electron chi connectivity index (χ1n) is 31.1. The fourth-order valence-electron chi connectivity index (χ4n) is 11.8. The van der Waals surface area contributed by atoms with Crippen LogP contribution in [0.2, 0.25) is 0 Å². The number of fused-ring (bicyclic) bond motifs is 31. The Hall–Kier alpha value is -11.5. The molecule has 10 rings (SSSR count). The van der Waals surface area contributed by atoms with Crippen LogP contribution in [0, 0.1) is 11.6 Å². The first kappa shape index (κ1) is 69.8. The van der Waals surface area contributed by atoms with Gasteiger partial charge in [0.2, 0.25) is 59.1 Å². The van der Waals surface area contributed by atoms with Crippen molar-refractivity contribution in [2.45, 2.75) is 126 Å². The second-order valence-corrected chi connectivity index (χ2v) is 24.1. The lowest BCUT2D eigenvalue weighted by Crippen LogP contribution is -2.63. The molecule has 97 heavy (non-hydrogen) atoms. The van der Waals surface area contributed by atoms with Gasteiger partial charge in [-0.05, 0) is 116 Å². The van der Waals surface area contributed by atoms with Crippen LogP contribution in [-0.2, 0) is 84.8 Å². The number of phenolic OH excluding ortho intramolecular Hbond substituents is 1. The Morgan fingerprint density at radius 3 is 1.82 bits per heavy atom. The first-order valence-corrected chi connectivity index (χ1v) is 31.1. The number of primary amides is 1. The van der Waals surface area contributed by atoms with Crippen molar-refractivity contribution < 1.29 is 76.5 Å². The number of carbonyl (C=O) groups excluding carboxylic acids is 11. The summed E-state index contributed by atoms with van der Waals surface area (Å²) in [5, 5.41) is 44.1. The highest BCUT2D eigenvalue weighted by atomic mass is 19.1. The van der Waals surface area contributed by atoms with Crippen molar-refractivity contribution >= 4 is 92.8 Å². The summed E-state index contributed by atoms with van der Waals surface area (Å²) in [7, 11) is 0. The summed E-state index contributed by atoms with van der Waals surface area (Å²) in [6.07, 6.45) is 3.05. The first-order chi connectivity index (χ1) is 46.3. The van der Waals surface area contributed by atoms with Gasteiger partial charge in [0.05, 0.1) is 25.0 Å². The molecule has 1 unspecified atom stereocenters. The maximum Gasteiger partial charge on any atom is 0.305 e. The Balaban J connectivity index is 1.07. The zero-order valence-electron chi connectivity index (χ0n) is 52.6. The minimum atomic E-state index is -2.06. The number of hydrogen-bond donors (Lipinski definition) is 15. The third-order valence-electron chi connectivity index (χ3n) is 17.0. The minimum absolute atomic E-state index is 0.00696. The largest absolute Gasteiger partial charge is 0.508 e. The molecule has 1 fully saturated rings. The van der Waals surface area contributed by atoms with Crippen molar-refractivity contribution in [3.05, 3.63) is 155 Å². The van der Waals surface area contributed by atoms with Crippen LogP contribution in [0.25, 0.3) is 21.8 Å². The van der Waals surface area contributed by atoms with Crippen molar-refractivity contribution in [2.24, 2.45) is 5.73 Å². The Labute approximate surface area is 552 Å². The molecular formula is C66H73F2N15O14. The molecular weight excluding hydrogens is 1260 g/mol. The van der Waals surface area contributed by atoms with E-state index >= 15 is 4.79 Å². The zero-order chi connectivity index (χ0) is 69.7. The molecule has 3 aromatic heterocycles. The molecule has 0 radical (unpaired) electrons. The summed E-state index contributed by atoms with van der Waals surface area (Å²) >= 11 is 0. The molecule has 510 valence electrons. The molecule has 3 aliphatic rings. The standard InChI is InChI=1S/C66H73F2N15O14/c1-34(84)76-48-5-3-19-71-58(90)37-10-6-35(7-11-37)21-49(57(69)89)82-65(97)66(2)18-4-20-83(66)64(96)54(22-36-8-14-43(85)15-9-36)81-62(94)52(27-42-31-70-33-75-42)79-63(95)53(28-56(87)88)80-61(93)51(24-39-30-73-47-17-13-41(68)26-45(39)47)78-60(92)50(77-55(86)32-74-59(48)91)23-38-29-72-46-16-12-40(67)25-44(38)46/h6-17,25-26,29-31,33,48-54,72-73,85H,3-5,18-24,27-28,32H2,1-2H3,(H2,69,89)(H,70,75)(H,71,90)(H,74,91)(H,76,84)(H,77,86)(H,78,92)(H,79,95)(H,80,93)(H,81,94)(H,82,97)(H,87,88)/t48-,49?,50+,51+,52+,53+,54+,66+/m1/s1. The fourth-order valence-corrected chi connectivity index (χ4v) is 11.8. The van der Waals surface area contributed by atoms with Crippen molar-refractivity contribution in [1.29, 1.82) is 0 Å². The Morgan fingerprint density at radius 1 is 0.670 bits per heavy atom. The summed E-state index contributed by atoms with van der Waals surface area (Å²) in [5.74, 6) is -13.2. The van der Waals surface area contributed by atoms with Crippen LogP contribution in [0.5, 0.6) is 5.75 Å². The second-order valence-electron chi connectivity index (χ2n) is 24.1. The van der Waals surface area contributed by atoms with E-state index in [2.05, 4.69) is 67.8 Å². The number of rotatable bonds is 12. The van der Waals surface area contributed by atoms with Gasteiger partial charge in [-0.15, -0.1) is 0 Å². The van der Waals surface area contributed by atoms with E-state index in [-0.39, 0.29) is 85.1 Å². The van der Waals surface area contributed by atoms with Crippen LogP contribution in [-0.4, -0.2) is 173 Å². The number of carboxylic acid groups (broad SMARTS) is 1. The minimum Gasteiger partial charge on any atom is -0.508 e. The Morgan fingerprint density at radius 2 is 1.25 bits per heavy atom. The molecule has 6 heterocycles. The van der Waals surface area contributed by atoms with E-state index < -0.39 is 163 Å². The van der Waals surface area contributed by atoms with Gasteiger partial charge in [-0.2, -0.15) is 0 Å². The Kier molecular flexibility index (Phi) is 22.4. The maximum atomic E-state index is 15.2. The van der Waals surface area contributed by atoms with Crippen LogP contribution in [0.3, 0.4) is 0 Å². The molecule has 29 nitrogen and oxygen atoms in total. The van der Waals surface area contributed by atoms with Gasteiger partial charge in [0.1, 0.15) is 65.2 Å². The number of aromatic nitrogens is 4. The highest BCUT2D eigenvalue weighted by molar-refractivity contribution is 6.01. The maximum absolute atomic E-state index is 15.2. The van der Waals surface area contributed by atoms with Crippen molar-refractivity contribution in [2.75, 3.05) is 19.6 Å². The van der Waals surface area contributed by atoms with Crippen LogP contribution in [0.4, 0.5) is 8.78 Å². The van der Waals surface area contributed by atoms with Crippen LogP contribution in [0.15, 0.2) is 110 Å². The summed E-state index contributed by atoms with van der Waals surface area (Å²) in [4.78, 5) is 183.